The lowest BCUT2D eigenvalue weighted by Crippen LogP contribution is -2.28. The van der Waals surface area contributed by atoms with Crippen LogP contribution in [0.1, 0.15) is 6.92 Å². The van der Waals surface area contributed by atoms with Gasteiger partial charge in [0.1, 0.15) is 0 Å². The molecular weight excluding hydrogens is 292 g/mol. The minimum atomic E-state index is -4.60. The molecule has 1 rings (SSSR count). The average Bonchev–Trinajstić information content (AvgIpc) is 2.38. The van der Waals surface area contributed by atoms with Crippen molar-refractivity contribution in [2.45, 2.75) is 17.6 Å². The van der Waals surface area contributed by atoms with Gasteiger partial charge in [0.25, 0.3) is 0 Å². The molecule has 112 valence electrons. The number of sulfone groups is 1. The van der Waals surface area contributed by atoms with Crippen molar-refractivity contribution >= 4 is 21.5 Å². The highest BCUT2D eigenvalue weighted by Gasteiger charge is 2.26. The molecule has 1 atom stereocenters. The number of hydrogen-bond donors (Lipinski definition) is 1. The summed E-state index contributed by atoms with van der Waals surface area (Å²) in [5, 5.41) is 8.80. The molecule has 0 aliphatic carbocycles. The summed E-state index contributed by atoms with van der Waals surface area (Å²) in [4.78, 5) is 11.9. The first kappa shape index (κ1) is 16.4. The van der Waals surface area contributed by atoms with Crippen molar-refractivity contribution < 1.29 is 27.1 Å². The van der Waals surface area contributed by atoms with Crippen LogP contribution in [0.25, 0.3) is 0 Å². The van der Waals surface area contributed by atoms with E-state index in [9.17, 15) is 22.0 Å². The maximum Gasteiger partial charge on any atom is 0.341 e. The van der Waals surface area contributed by atoms with Crippen molar-refractivity contribution in [1.29, 1.82) is 0 Å². The highest BCUT2D eigenvalue weighted by atomic mass is 32.2. The molecule has 0 aromatic heterocycles. The number of rotatable bonds is 6. The Hall–Kier alpha value is -1.70. The predicted octanol–water partition coefficient (Wildman–Crippen LogP) is 1.84. The molecule has 0 heterocycles. The first-order valence-corrected chi connectivity index (χ1v) is 7.27. The summed E-state index contributed by atoms with van der Waals surface area (Å²) in [6.45, 7) is 1.75. The van der Waals surface area contributed by atoms with Crippen LogP contribution in [0.3, 0.4) is 0 Å². The highest BCUT2D eigenvalue weighted by molar-refractivity contribution is 7.91. The summed E-state index contributed by atoms with van der Waals surface area (Å²) in [7, 11) is -2.97. The molecular formula is C12H15F2NO4S. The summed E-state index contributed by atoms with van der Waals surface area (Å²) >= 11 is 0. The van der Waals surface area contributed by atoms with Crippen LogP contribution in [-0.2, 0) is 14.6 Å². The normalized spacial score (nSPS) is 13.2. The number of anilines is 1. The van der Waals surface area contributed by atoms with Gasteiger partial charge in [-0.1, -0.05) is 6.92 Å². The van der Waals surface area contributed by atoms with Crippen LogP contribution in [-0.4, -0.2) is 38.8 Å². The van der Waals surface area contributed by atoms with Gasteiger partial charge in [-0.05, 0) is 24.3 Å². The molecule has 20 heavy (non-hydrogen) atoms. The van der Waals surface area contributed by atoms with Crippen LogP contribution in [0.15, 0.2) is 29.2 Å². The van der Waals surface area contributed by atoms with Crippen molar-refractivity contribution in [3.05, 3.63) is 24.3 Å². The first-order chi connectivity index (χ1) is 9.16. The maximum atomic E-state index is 12.4. The van der Waals surface area contributed by atoms with Crippen molar-refractivity contribution in [2.75, 3.05) is 18.5 Å². The lowest BCUT2D eigenvalue weighted by Gasteiger charge is -2.21. The third kappa shape index (κ3) is 3.66. The van der Waals surface area contributed by atoms with E-state index in [1.165, 1.54) is 19.1 Å². The lowest BCUT2D eigenvalue weighted by molar-refractivity contribution is -0.140. The van der Waals surface area contributed by atoms with E-state index in [1.807, 2.05) is 0 Å². The van der Waals surface area contributed by atoms with Gasteiger partial charge in [0.15, 0.2) is 0 Å². The Morgan fingerprint density at radius 3 is 2.20 bits per heavy atom. The van der Waals surface area contributed by atoms with Crippen LogP contribution < -0.4 is 4.90 Å². The molecule has 0 spiro atoms. The number of carboxylic acids is 1. The minimum Gasteiger partial charge on any atom is -0.481 e. The van der Waals surface area contributed by atoms with E-state index in [2.05, 4.69) is 0 Å². The van der Waals surface area contributed by atoms with E-state index < -0.39 is 32.4 Å². The SMILES string of the molecule is CC(CN(C)c1ccc(S(=O)(=O)C(F)F)cc1)C(=O)O. The van der Waals surface area contributed by atoms with Crippen LogP contribution in [0.4, 0.5) is 14.5 Å². The Balaban J connectivity index is 2.89. The van der Waals surface area contributed by atoms with E-state index in [0.717, 1.165) is 12.1 Å². The van der Waals surface area contributed by atoms with Gasteiger partial charge in [0.2, 0.25) is 9.84 Å². The van der Waals surface area contributed by atoms with E-state index in [-0.39, 0.29) is 6.54 Å². The van der Waals surface area contributed by atoms with E-state index in [1.54, 1.807) is 11.9 Å². The first-order valence-electron chi connectivity index (χ1n) is 5.72. The van der Waals surface area contributed by atoms with Gasteiger partial charge < -0.3 is 10.0 Å². The number of halogens is 2. The fourth-order valence-electron chi connectivity index (χ4n) is 1.59. The third-order valence-corrected chi connectivity index (χ3v) is 4.21. The predicted molar refractivity (Wildman–Crippen MR) is 69.7 cm³/mol. The summed E-state index contributed by atoms with van der Waals surface area (Å²) in [6.07, 6.45) is 0. The van der Waals surface area contributed by atoms with E-state index in [4.69, 9.17) is 5.11 Å². The summed E-state index contributed by atoms with van der Waals surface area (Å²) in [5.74, 6) is -5.02. The zero-order chi connectivity index (χ0) is 15.5. The second-order valence-electron chi connectivity index (χ2n) is 4.42. The fourth-order valence-corrected chi connectivity index (χ4v) is 2.31. The molecule has 0 radical (unpaired) electrons. The third-order valence-electron chi connectivity index (χ3n) is 2.81. The van der Waals surface area contributed by atoms with Gasteiger partial charge in [-0.3, -0.25) is 4.79 Å². The van der Waals surface area contributed by atoms with Crippen molar-refractivity contribution in [3.8, 4) is 0 Å². The number of carboxylic acid groups (broad SMARTS) is 1. The smallest absolute Gasteiger partial charge is 0.341 e. The van der Waals surface area contributed by atoms with Crippen molar-refractivity contribution in [3.63, 3.8) is 0 Å². The minimum absolute atomic E-state index is 0.219. The Morgan fingerprint density at radius 1 is 1.30 bits per heavy atom. The van der Waals surface area contributed by atoms with Gasteiger partial charge in [-0.25, -0.2) is 8.42 Å². The number of hydrogen-bond acceptors (Lipinski definition) is 4. The Labute approximate surface area is 115 Å². The molecule has 1 unspecified atom stereocenters. The molecule has 0 aliphatic heterocycles. The molecule has 5 nitrogen and oxygen atoms in total. The largest absolute Gasteiger partial charge is 0.481 e. The van der Waals surface area contributed by atoms with Crippen LogP contribution in [0.2, 0.25) is 0 Å². The highest BCUT2D eigenvalue weighted by Crippen LogP contribution is 2.22. The van der Waals surface area contributed by atoms with E-state index >= 15 is 0 Å². The summed E-state index contributed by atoms with van der Waals surface area (Å²) in [5.41, 5.74) is 0.548. The molecule has 1 aromatic carbocycles. The number of aliphatic carboxylic acids is 1. The number of alkyl halides is 2. The van der Waals surface area contributed by atoms with Gasteiger partial charge in [-0.2, -0.15) is 8.78 Å². The van der Waals surface area contributed by atoms with E-state index in [0.29, 0.717) is 5.69 Å². The molecule has 0 fully saturated rings. The zero-order valence-electron chi connectivity index (χ0n) is 11.0. The van der Waals surface area contributed by atoms with Gasteiger partial charge in [0, 0.05) is 19.3 Å². The topological polar surface area (TPSA) is 74.7 Å². The Morgan fingerprint density at radius 2 is 1.80 bits per heavy atom. The average molecular weight is 307 g/mol. The number of benzene rings is 1. The molecule has 8 heteroatoms. The van der Waals surface area contributed by atoms with Crippen LogP contribution >= 0.6 is 0 Å². The van der Waals surface area contributed by atoms with Crippen molar-refractivity contribution in [2.24, 2.45) is 5.92 Å². The molecule has 1 aromatic rings. The number of nitrogens with zero attached hydrogens (tertiary/aromatic N) is 1. The van der Waals surface area contributed by atoms with Crippen molar-refractivity contribution in [1.82, 2.24) is 0 Å². The lowest BCUT2D eigenvalue weighted by atomic mass is 10.1. The molecule has 1 N–H and O–H groups in total. The molecule has 0 bridgehead atoms. The van der Waals surface area contributed by atoms with Gasteiger partial charge in [0.05, 0.1) is 10.8 Å². The molecule has 0 amide bonds. The Kier molecular flexibility index (Phi) is 5.04. The fraction of sp³-hybridized carbons (Fsp3) is 0.417. The second kappa shape index (κ2) is 6.17. The van der Waals surface area contributed by atoms with Gasteiger partial charge in [-0.15, -0.1) is 0 Å². The zero-order valence-corrected chi connectivity index (χ0v) is 11.8. The van der Waals surface area contributed by atoms with Crippen LogP contribution in [0, 0.1) is 5.92 Å². The van der Waals surface area contributed by atoms with Crippen LogP contribution in [0.5, 0.6) is 0 Å². The maximum absolute atomic E-state index is 12.4. The standard InChI is InChI=1S/C12H15F2NO4S/c1-8(11(16)17)7-15(2)9-3-5-10(6-4-9)20(18,19)12(13)14/h3-6,8,12H,7H2,1-2H3,(H,16,17). The summed E-state index contributed by atoms with van der Waals surface area (Å²) in [6, 6.07) is 4.89. The molecule has 0 saturated heterocycles. The molecule has 0 saturated carbocycles. The second-order valence-corrected chi connectivity index (χ2v) is 6.34. The summed E-state index contributed by atoms with van der Waals surface area (Å²) < 4.78 is 47.2. The monoisotopic (exact) mass is 307 g/mol. The number of carbonyl (C=O) groups is 1. The Bertz CT molecular complexity index is 572. The quantitative estimate of drug-likeness (QED) is 0.868. The van der Waals surface area contributed by atoms with Gasteiger partial charge >= 0.3 is 11.7 Å². The molecule has 0 aliphatic rings.